The van der Waals surface area contributed by atoms with E-state index in [-0.39, 0.29) is 5.91 Å². The normalized spacial score (nSPS) is 19.9. The number of aliphatic carboxylic acids is 1. The molecule has 2 atom stereocenters. The summed E-state index contributed by atoms with van der Waals surface area (Å²) >= 11 is 0. The van der Waals surface area contributed by atoms with Gasteiger partial charge in [0.2, 0.25) is 0 Å². The topological polar surface area (TPSA) is 82.5 Å². The highest BCUT2D eigenvalue weighted by molar-refractivity contribution is 6.00. The number of carboxylic acid groups (broad SMARTS) is 1. The van der Waals surface area contributed by atoms with Crippen molar-refractivity contribution in [3.8, 4) is 0 Å². The van der Waals surface area contributed by atoms with E-state index in [2.05, 4.69) is 10.3 Å². The maximum atomic E-state index is 13.0. The maximum Gasteiger partial charge on any atom is 0.313 e. The van der Waals surface area contributed by atoms with Crippen LogP contribution in [0.5, 0.6) is 0 Å². The van der Waals surface area contributed by atoms with Gasteiger partial charge in [0.15, 0.2) is 0 Å². The minimum absolute atomic E-state index is 0.146. The van der Waals surface area contributed by atoms with Crippen molar-refractivity contribution in [3.63, 3.8) is 0 Å². The van der Waals surface area contributed by atoms with E-state index in [4.69, 9.17) is 0 Å². The van der Waals surface area contributed by atoms with E-state index in [1.54, 1.807) is 54.7 Å². The van der Waals surface area contributed by atoms with Crippen molar-refractivity contribution in [2.45, 2.75) is 12.0 Å². The molecule has 0 spiro atoms. The second kappa shape index (κ2) is 6.80. The molecule has 3 rings (SSSR count). The quantitative estimate of drug-likeness (QED) is 0.874. The number of nitrogens with zero attached hydrogens (tertiary/aromatic N) is 2. The van der Waals surface area contributed by atoms with Crippen LogP contribution in [0, 0.1) is 0 Å². The highest BCUT2D eigenvalue weighted by Gasteiger charge is 2.43. The Kier molecular flexibility index (Phi) is 4.57. The van der Waals surface area contributed by atoms with Crippen LogP contribution in [-0.2, 0) is 4.79 Å². The first-order valence-corrected chi connectivity index (χ1v) is 7.82. The molecule has 1 aromatic carbocycles. The van der Waals surface area contributed by atoms with Crippen molar-refractivity contribution < 1.29 is 14.7 Å². The number of amides is 1. The van der Waals surface area contributed by atoms with Gasteiger partial charge in [0, 0.05) is 31.0 Å². The summed E-state index contributed by atoms with van der Waals surface area (Å²) in [6.07, 6.45) is 3.27. The van der Waals surface area contributed by atoms with Gasteiger partial charge in [-0.05, 0) is 30.3 Å². The molecule has 0 saturated heterocycles. The Morgan fingerprint density at radius 1 is 1.29 bits per heavy atom. The van der Waals surface area contributed by atoms with Crippen molar-refractivity contribution >= 4 is 11.9 Å². The van der Waals surface area contributed by atoms with Crippen LogP contribution in [-0.4, -0.2) is 47.0 Å². The van der Waals surface area contributed by atoms with E-state index in [1.165, 1.54) is 0 Å². The fourth-order valence-corrected chi connectivity index (χ4v) is 3.26. The van der Waals surface area contributed by atoms with Crippen molar-refractivity contribution in [1.29, 1.82) is 0 Å². The minimum atomic E-state index is -0.946. The van der Waals surface area contributed by atoms with Gasteiger partial charge >= 0.3 is 5.97 Å². The number of hydrogen-bond donors (Lipinski definition) is 2. The zero-order valence-corrected chi connectivity index (χ0v) is 13.3. The number of likely N-dealkylation sites (N-methyl/N-ethyl adjacent to an activating group) is 1. The third-order valence-electron chi connectivity index (χ3n) is 4.33. The number of aromatic nitrogens is 1. The van der Waals surface area contributed by atoms with E-state index in [1.807, 2.05) is 6.07 Å². The zero-order chi connectivity index (χ0) is 17.1. The summed E-state index contributed by atoms with van der Waals surface area (Å²) in [5.74, 6) is -1.91. The van der Waals surface area contributed by atoms with Crippen LogP contribution in [0.4, 0.5) is 0 Å². The molecule has 1 aliphatic rings. The van der Waals surface area contributed by atoms with E-state index in [9.17, 15) is 14.7 Å². The summed E-state index contributed by atoms with van der Waals surface area (Å²) in [6, 6.07) is 9.95. The lowest BCUT2D eigenvalue weighted by Crippen LogP contribution is -2.47. The molecule has 0 aliphatic carbocycles. The molecule has 0 bridgehead atoms. The molecule has 1 aromatic heterocycles. The molecule has 0 unspecified atom stereocenters. The average Bonchev–Trinajstić information content (AvgIpc) is 2.61. The predicted molar refractivity (Wildman–Crippen MR) is 88.8 cm³/mol. The van der Waals surface area contributed by atoms with E-state index >= 15 is 0 Å². The number of carbonyl (C=O) groups is 2. The maximum absolute atomic E-state index is 13.0. The molecule has 2 heterocycles. The molecule has 0 fully saturated rings. The van der Waals surface area contributed by atoms with Crippen molar-refractivity contribution in [2.75, 3.05) is 20.1 Å². The Labute approximate surface area is 140 Å². The highest BCUT2D eigenvalue weighted by Crippen LogP contribution is 2.42. The van der Waals surface area contributed by atoms with Crippen LogP contribution in [0.1, 0.15) is 33.4 Å². The minimum Gasteiger partial charge on any atom is -0.481 e. The lowest BCUT2D eigenvalue weighted by atomic mass is 9.80. The Morgan fingerprint density at radius 3 is 2.75 bits per heavy atom. The second-order valence-corrected chi connectivity index (χ2v) is 5.74. The lowest BCUT2D eigenvalue weighted by molar-refractivity contribution is -0.140. The summed E-state index contributed by atoms with van der Waals surface area (Å²) in [5.41, 5.74) is 1.74. The lowest BCUT2D eigenvalue weighted by Gasteiger charge is -2.40. The van der Waals surface area contributed by atoms with Crippen LogP contribution >= 0.6 is 0 Å². The molecule has 124 valence electrons. The third kappa shape index (κ3) is 2.76. The first-order chi connectivity index (χ1) is 11.6. The number of benzene rings is 1. The molecular weight excluding hydrogens is 306 g/mol. The number of fused-ring (bicyclic) bond motifs is 1. The largest absolute Gasteiger partial charge is 0.481 e. The van der Waals surface area contributed by atoms with Gasteiger partial charge in [-0.1, -0.05) is 24.3 Å². The van der Waals surface area contributed by atoms with Crippen molar-refractivity contribution in [3.05, 3.63) is 65.5 Å². The first kappa shape index (κ1) is 16.1. The molecule has 0 saturated carbocycles. The van der Waals surface area contributed by atoms with E-state index in [0.29, 0.717) is 24.2 Å². The molecular formula is C18H19N3O3. The molecule has 1 amide bonds. The smallest absolute Gasteiger partial charge is 0.313 e. The van der Waals surface area contributed by atoms with Crippen LogP contribution in [0.2, 0.25) is 0 Å². The summed E-state index contributed by atoms with van der Waals surface area (Å²) in [4.78, 5) is 30.7. The molecule has 1 aliphatic heterocycles. The molecule has 24 heavy (non-hydrogen) atoms. The van der Waals surface area contributed by atoms with Gasteiger partial charge in [-0.25, -0.2) is 0 Å². The van der Waals surface area contributed by atoms with Gasteiger partial charge in [-0.2, -0.15) is 0 Å². The fourth-order valence-electron chi connectivity index (χ4n) is 3.26. The van der Waals surface area contributed by atoms with Crippen LogP contribution in [0.15, 0.2) is 48.8 Å². The van der Waals surface area contributed by atoms with Gasteiger partial charge < -0.3 is 15.3 Å². The van der Waals surface area contributed by atoms with Gasteiger partial charge in [-0.15, -0.1) is 0 Å². The Bertz CT molecular complexity index is 748. The summed E-state index contributed by atoms with van der Waals surface area (Å²) in [7, 11) is 1.80. The molecule has 2 aromatic rings. The summed E-state index contributed by atoms with van der Waals surface area (Å²) in [5, 5.41) is 12.9. The average molecular weight is 325 g/mol. The molecule has 6 nitrogen and oxygen atoms in total. The van der Waals surface area contributed by atoms with Crippen molar-refractivity contribution in [1.82, 2.24) is 15.2 Å². The number of carboxylic acids is 1. The van der Waals surface area contributed by atoms with E-state index in [0.717, 1.165) is 5.56 Å². The van der Waals surface area contributed by atoms with Gasteiger partial charge in [-0.3, -0.25) is 14.6 Å². The van der Waals surface area contributed by atoms with Crippen molar-refractivity contribution in [2.24, 2.45) is 0 Å². The fraction of sp³-hybridized carbons (Fsp3) is 0.278. The SMILES string of the molecule is CNCCN1C(=O)c2ccccc2[C@@H](C(=O)O)[C@@H]1c1cccnc1. The Balaban J connectivity index is 2.16. The highest BCUT2D eigenvalue weighted by atomic mass is 16.4. The van der Waals surface area contributed by atoms with Crippen LogP contribution < -0.4 is 5.32 Å². The monoisotopic (exact) mass is 325 g/mol. The Hall–Kier alpha value is -2.73. The number of nitrogens with one attached hydrogen (secondary N) is 1. The molecule has 2 N–H and O–H groups in total. The number of rotatable bonds is 5. The van der Waals surface area contributed by atoms with E-state index < -0.39 is 17.9 Å². The first-order valence-electron chi connectivity index (χ1n) is 7.82. The zero-order valence-electron chi connectivity index (χ0n) is 13.3. The standard InChI is InChI=1S/C18H19N3O3/c1-19-9-10-21-16(12-5-4-8-20-11-12)15(18(23)24)13-6-2-3-7-14(13)17(21)22/h2-8,11,15-16,19H,9-10H2,1H3,(H,23,24)/t15-,16+/m1/s1. The number of pyridine rings is 1. The van der Waals surface area contributed by atoms with Gasteiger partial charge in [0.1, 0.15) is 5.92 Å². The summed E-state index contributed by atoms with van der Waals surface area (Å²) < 4.78 is 0. The van der Waals surface area contributed by atoms with Gasteiger partial charge in [0.25, 0.3) is 5.91 Å². The predicted octanol–water partition coefficient (Wildman–Crippen LogP) is 1.67. The molecule has 6 heteroatoms. The molecule has 0 radical (unpaired) electrons. The summed E-state index contributed by atoms with van der Waals surface area (Å²) in [6.45, 7) is 1.00. The van der Waals surface area contributed by atoms with Crippen LogP contribution in [0.25, 0.3) is 0 Å². The van der Waals surface area contributed by atoms with Crippen LogP contribution in [0.3, 0.4) is 0 Å². The second-order valence-electron chi connectivity index (χ2n) is 5.74. The number of hydrogen-bond acceptors (Lipinski definition) is 4. The third-order valence-corrected chi connectivity index (χ3v) is 4.33. The number of carbonyl (C=O) groups excluding carboxylic acids is 1. The van der Waals surface area contributed by atoms with Gasteiger partial charge in [0.05, 0.1) is 6.04 Å². The Morgan fingerprint density at radius 2 is 2.08 bits per heavy atom.